The van der Waals surface area contributed by atoms with Gasteiger partial charge in [0.1, 0.15) is 6.61 Å². The van der Waals surface area contributed by atoms with Gasteiger partial charge in [-0.1, -0.05) is 12.1 Å². The van der Waals surface area contributed by atoms with Crippen molar-refractivity contribution < 1.29 is 13.9 Å². The molecule has 4 heteroatoms. The molecule has 0 heterocycles. The van der Waals surface area contributed by atoms with E-state index in [0.717, 1.165) is 6.54 Å². The van der Waals surface area contributed by atoms with E-state index in [1.54, 1.807) is 32.2 Å². The number of hydrogen-bond donors (Lipinski definition) is 1. The maximum atomic E-state index is 13.5. The molecule has 16 heavy (non-hydrogen) atoms. The Morgan fingerprint density at radius 2 is 2.00 bits per heavy atom. The highest BCUT2D eigenvalue weighted by atomic mass is 19.1. The molecule has 3 nitrogen and oxygen atoms in total. The Morgan fingerprint density at radius 1 is 1.25 bits per heavy atom. The Balaban J connectivity index is 2.24. The van der Waals surface area contributed by atoms with Gasteiger partial charge in [-0.2, -0.15) is 0 Å². The SMILES string of the molecule is COCCNCCOc1cccc(C)c1F. The van der Waals surface area contributed by atoms with Gasteiger partial charge in [0.25, 0.3) is 0 Å². The van der Waals surface area contributed by atoms with Crippen LogP contribution in [0.4, 0.5) is 4.39 Å². The van der Waals surface area contributed by atoms with Crippen molar-refractivity contribution in [1.29, 1.82) is 0 Å². The summed E-state index contributed by atoms with van der Waals surface area (Å²) in [6, 6.07) is 5.14. The minimum absolute atomic E-state index is 0.278. The number of aryl methyl sites for hydroxylation is 1. The first-order valence-corrected chi connectivity index (χ1v) is 5.33. The molecule has 0 aliphatic heterocycles. The minimum atomic E-state index is -0.278. The van der Waals surface area contributed by atoms with Crippen molar-refractivity contribution in [2.45, 2.75) is 6.92 Å². The smallest absolute Gasteiger partial charge is 0.167 e. The number of ether oxygens (including phenoxy) is 2. The van der Waals surface area contributed by atoms with Crippen LogP contribution in [0.5, 0.6) is 5.75 Å². The van der Waals surface area contributed by atoms with Gasteiger partial charge in [-0.05, 0) is 18.6 Å². The lowest BCUT2D eigenvalue weighted by molar-refractivity contribution is 0.196. The number of benzene rings is 1. The maximum Gasteiger partial charge on any atom is 0.167 e. The first kappa shape index (κ1) is 12.9. The van der Waals surface area contributed by atoms with Crippen molar-refractivity contribution in [3.63, 3.8) is 0 Å². The molecule has 1 N–H and O–H groups in total. The van der Waals surface area contributed by atoms with Gasteiger partial charge in [-0.3, -0.25) is 0 Å². The van der Waals surface area contributed by atoms with Crippen LogP contribution >= 0.6 is 0 Å². The monoisotopic (exact) mass is 227 g/mol. The lowest BCUT2D eigenvalue weighted by Crippen LogP contribution is -2.24. The Bertz CT molecular complexity index is 318. The number of rotatable bonds is 7. The highest BCUT2D eigenvalue weighted by Crippen LogP contribution is 2.19. The zero-order valence-corrected chi connectivity index (χ0v) is 9.75. The van der Waals surface area contributed by atoms with Gasteiger partial charge >= 0.3 is 0 Å². The summed E-state index contributed by atoms with van der Waals surface area (Å²) in [7, 11) is 1.65. The Labute approximate surface area is 95.6 Å². The van der Waals surface area contributed by atoms with Gasteiger partial charge in [0, 0.05) is 20.2 Å². The molecule has 1 aromatic rings. The lowest BCUT2D eigenvalue weighted by atomic mass is 10.2. The van der Waals surface area contributed by atoms with Crippen molar-refractivity contribution in [3.05, 3.63) is 29.6 Å². The summed E-state index contributed by atoms with van der Waals surface area (Å²) in [5.74, 6) is 0.0351. The number of hydrogen-bond acceptors (Lipinski definition) is 3. The molecular weight excluding hydrogens is 209 g/mol. The summed E-state index contributed by atoms with van der Waals surface area (Å²) >= 11 is 0. The topological polar surface area (TPSA) is 30.5 Å². The van der Waals surface area contributed by atoms with Crippen LogP contribution < -0.4 is 10.1 Å². The van der Waals surface area contributed by atoms with E-state index in [-0.39, 0.29) is 5.82 Å². The van der Waals surface area contributed by atoms with E-state index in [1.165, 1.54) is 0 Å². The van der Waals surface area contributed by atoms with Crippen LogP contribution in [0.3, 0.4) is 0 Å². The Kier molecular flexibility index (Phi) is 5.82. The molecule has 0 saturated carbocycles. The summed E-state index contributed by atoms with van der Waals surface area (Å²) in [4.78, 5) is 0. The molecule has 0 bridgehead atoms. The van der Waals surface area contributed by atoms with Crippen LogP contribution in [0.2, 0.25) is 0 Å². The molecule has 0 fully saturated rings. The van der Waals surface area contributed by atoms with Crippen molar-refractivity contribution in [3.8, 4) is 5.75 Å². The molecule has 1 aromatic carbocycles. The zero-order chi connectivity index (χ0) is 11.8. The average Bonchev–Trinajstić information content (AvgIpc) is 2.29. The first-order valence-electron chi connectivity index (χ1n) is 5.33. The maximum absolute atomic E-state index is 13.5. The van der Waals surface area contributed by atoms with E-state index >= 15 is 0 Å². The molecule has 0 unspecified atom stereocenters. The quantitative estimate of drug-likeness (QED) is 0.720. The van der Waals surface area contributed by atoms with Crippen molar-refractivity contribution in [2.24, 2.45) is 0 Å². The van der Waals surface area contributed by atoms with E-state index in [4.69, 9.17) is 9.47 Å². The van der Waals surface area contributed by atoms with Crippen LogP contribution in [0.25, 0.3) is 0 Å². The van der Waals surface area contributed by atoms with Gasteiger partial charge in [0.05, 0.1) is 6.61 Å². The normalized spacial score (nSPS) is 10.4. The Hall–Kier alpha value is -1.13. The summed E-state index contributed by atoms with van der Waals surface area (Å²) < 4.78 is 23.7. The van der Waals surface area contributed by atoms with Crippen molar-refractivity contribution in [1.82, 2.24) is 5.32 Å². The van der Waals surface area contributed by atoms with E-state index in [9.17, 15) is 4.39 Å². The second kappa shape index (κ2) is 7.19. The third-order valence-corrected chi connectivity index (χ3v) is 2.18. The van der Waals surface area contributed by atoms with Gasteiger partial charge in [-0.25, -0.2) is 4.39 Å². The minimum Gasteiger partial charge on any atom is -0.489 e. The van der Waals surface area contributed by atoms with Crippen molar-refractivity contribution >= 4 is 0 Å². The van der Waals surface area contributed by atoms with Gasteiger partial charge < -0.3 is 14.8 Å². The fourth-order valence-corrected chi connectivity index (χ4v) is 1.26. The highest BCUT2D eigenvalue weighted by Gasteiger charge is 2.04. The number of methoxy groups -OCH3 is 1. The fourth-order valence-electron chi connectivity index (χ4n) is 1.26. The molecule has 90 valence electrons. The van der Waals surface area contributed by atoms with Gasteiger partial charge in [0.2, 0.25) is 0 Å². The molecule has 0 amide bonds. The number of halogens is 1. The van der Waals surface area contributed by atoms with Crippen molar-refractivity contribution in [2.75, 3.05) is 33.4 Å². The van der Waals surface area contributed by atoms with Crippen LogP contribution in [0.15, 0.2) is 18.2 Å². The van der Waals surface area contributed by atoms with E-state index < -0.39 is 0 Å². The molecule has 1 rings (SSSR count). The average molecular weight is 227 g/mol. The molecule has 0 aromatic heterocycles. The van der Waals surface area contributed by atoms with E-state index in [1.807, 2.05) is 0 Å². The molecule has 0 radical (unpaired) electrons. The largest absolute Gasteiger partial charge is 0.489 e. The highest BCUT2D eigenvalue weighted by molar-refractivity contribution is 5.29. The third-order valence-electron chi connectivity index (χ3n) is 2.18. The second-order valence-corrected chi connectivity index (χ2v) is 3.48. The third kappa shape index (κ3) is 4.16. The standard InChI is InChI=1S/C12H18FNO2/c1-10-4-3-5-11(12(10)13)16-9-7-14-6-8-15-2/h3-5,14H,6-9H2,1-2H3. The van der Waals surface area contributed by atoms with Crippen LogP contribution in [-0.2, 0) is 4.74 Å². The van der Waals surface area contributed by atoms with Crippen LogP contribution in [0.1, 0.15) is 5.56 Å². The van der Waals surface area contributed by atoms with Gasteiger partial charge in [0.15, 0.2) is 11.6 Å². The molecule has 0 aliphatic carbocycles. The molecule has 0 spiro atoms. The molecule has 0 atom stereocenters. The summed E-state index contributed by atoms with van der Waals surface area (Å²) in [6.07, 6.45) is 0. The summed E-state index contributed by atoms with van der Waals surface area (Å²) in [5.41, 5.74) is 0.602. The van der Waals surface area contributed by atoms with Crippen LogP contribution in [-0.4, -0.2) is 33.4 Å². The molecule has 0 saturated heterocycles. The van der Waals surface area contributed by atoms with Crippen LogP contribution in [0, 0.1) is 12.7 Å². The van der Waals surface area contributed by atoms with E-state index in [2.05, 4.69) is 5.32 Å². The van der Waals surface area contributed by atoms with E-state index in [0.29, 0.717) is 31.1 Å². The second-order valence-electron chi connectivity index (χ2n) is 3.48. The predicted octanol–water partition coefficient (Wildman–Crippen LogP) is 1.75. The fraction of sp³-hybridized carbons (Fsp3) is 0.500. The predicted molar refractivity (Wildman–Crippen MR) is 61.4 cm³/mol. The summed E-state index contributed by atoms with van der Waals surface area (Å²) in [5, 5.41) is 3.12. The Morgan fingerprint density at radius 3 is 2.75 bits per heavy atom. The lowest BCUT2D eigenvalue weighted by Gasteiger charge is -2.09. The number of nitrogens with one attached hydrogen (secondary N) is 1. The van der Waals surface area contributed by atoms with Gasteiger partial charge in [-0.15, -0.1) is 0 Å². The zero-order valence-electron chi connectivity index (χ0n) is 9.75. The summed E-state index contributed by atoms with van der Waals surface area (Å²) in [6.45, 7) is 4.29. The first-order chi connectivity index (χ1) is 7.75. The molecular formula is C12H18FNO2. The molecule has 0 aliphatic rings.